The predicted molar refractivity (Wildman–Crippen MR) is 85.9 cm³/mol. The van der Waals surface area contributed by atoms with Crippen molar-refractivity contribution >= 4 is 21.9 Å². The summed E-state index contributed by atoms with van der Waals surface area (Å²) in [6.45, 7) is 3.85. The van der Waals surface area contributed by atoms with Crippen LogP contribution in [0.25, 0.3) is 0 Å². The third kappa shape index (κ3) is 4.54. The summed E-state index contributed by atoms with van der Waals surface area (Å²) in [6, 6.07) is 2.97. The Balaban J connectivity index is 3.55. The van der Waals surface area contributed by atoms with E-state index in [1.807, 2.05) is 13.8 Å². The van der Waals surface area contributed by atoms with Gasteiger partial charge in [-0.05, 0) is 36.5 Å². The van der Waals surface area contributed by atoms with Crippen molar-refractivity contribution in [2.24, 2.45) is 21.6 Å². The van der Waals surface area contributed by atoms with Crippen LogP contribution in [0.5, 0.6) is 0 Å². The van der Waals surface area contributed by atoms with Gasteiger partial charge in [-0.15, -0.1) is 0 Å². The fraction of sp³-hybridized carbons (Fsp3) is 0.429. The van der Waals surface area contributed by atoms with Gasteiger partial charge in [0.05, 0.1) is 4.90 Å². The Hall–Kier alpha value is -1.93. The van der Waals surface area contributed by atoms with Gasteiger partial charge in [-0.1, -0.05) is 26.3 Å². The van der Waals surface area contributed by atoms with Gasteiger partial charge in [0.25, 0.3) is 5.91 Å². The lowest BCUT2D eigenvalue weighted by Crippen LogP contribution is -2.24. The highest BCUT2D eigenvalue weighted by Crippen LogP contribution is 2.23. The number of carbonyl (C=O) groups is 1. The van der Waals surface area contributed by atoms with E-state index in [1.54, 1.807) is 6.07 Å². The largest absolute Gasteiger partial charge is 0.370 e. The topological polar surface area (TPSA) is 142 Å². The molecule has 8 heteroatoms. The Labute approximate surface area is 130 Å². The zero-order valence-corrected chi connectivity index (χ0v) is 13.6. The minimum Gasteiger partial charge on any atom is -0.370 e. The smallest absolute Gasteiger partial charge is 0.280 e. The van der Waals surface area contributed by atoms with Crippen LogP contribution in [-0.4, -0.2) is 20.3 Å². The number of nitrogens with two attached hydrogens (primary N) is 3. The minimum absolute atomic E-state index is 0.0654. The van der Waals surface area contributed by atoms with Gasteiger partial charge in [0.2, 0.25) is 10.0 Å². The van der Waals surface area contributed by atoms with E-state index >= 15 is 0 Å². The van der Waals surface area contributed by atoms with Gasteiger partial charge >= 0.3 is 0 Å². The molecule has 0 radical (unpaired) electrons. The lowest BCUT2D eigenvalue weighted by Gasteiger charge is -2.13. The molecule has 1 aromatic rings. The van der Waals surface area contributed by atoms with Crippen molar-refractivity contribution in [2.75, 3.05) is 0 Å². The minimum atomic E-state index is -3.93. The summed E-state index contributed by atoms with van der Waals surface area (Å²) in [6.07, 6.45) is 2.92. The molecule has 0 atom stereocenters. The average molecular weight is 326 g/mol. The molecule has 1 rings (SSSR count). The summed E-state index contributed by atoms with van der Waals surface area (Å²) in [7, 11) is -3.93. The molecule has 0 fully saturated rings. The molecule has 7 nitrogen and oxygen atoms in total. The monoisotopic (exact) mass is 326 g/mol. The molecule has 0 saturated heterocycles. The zero-order chi connectivity index (χ0) is 16.9. The number of hydrogen-bond acceptors (Lipinski definition) is 3. The molecular weight excluding hydrogens is 304 g/mol. The molecule has 0 aliphatic heterocycles. The quantitative estimate of drug-likeness (QED) is 0.520. The molecule has 1 amide bonds. The number of primary sulfonamides is 1. The van der Waals surface area contributed by atoms with Crippen molar-refractivity contribution in [3.63, 3.8) is 0 Å². The number of sulfonamides is 1. The van der Waals surface area contributed by atoms with E-state index in [9.17, 15) is 13.2 Å². The first-order valence-corrected chi connectivity index (χ1v) is 8.57. The average Bonchev–Trinajstić information content (AvgIpc) is 2.42. The molecule has 0 heterocycles. The highest BCUT2D eigenvalue weighted by molar-refractivity contribution is 7.89. The van der Waals surface area contributed by atoms with Crippen molar-refractivity contribution in [1.82, 2.24) is 0 Å². The first-order valence-electron chi connectivity index (χ1n) is 7.03. The second kappa shape index (κ2) is 7.37. The Morgan fingerprint density at radius 3 is 2.27 bits per heavy atom. The highest BCUT2D eigenvalue weighted by atomic mass is 32.2. The summed E-state index contributed by atoms with van der Waals surface area (Å²) in [5, 5.41) is 5.23. The van der Waals surface area contributed by atoms with Crippen LogP contribution in [0, 0.1) is 0 Å². The second-order valence-electron chi connectivity index (χ2n) is 4.96. The summed E-state index contributed by atoms with van der Waals surface area (Å²) in [4.78, 5) is 15.6. The SMILES string of the molecule is CCCCc1cc(CC)c(S(N)(=O)=O)cc1C(=O)N=C(N)N. The number of unbranched alkanes of at least 4 members (excludes halogenated alkanes) is 1. The van der Waals surface area contributed by atoms with Gasteiger partial charge in [0.1, 0.15) is 0 Å². The van der Waals surface area contributed by atoms with Crippen LogP contribution in [0.1, 0.15) is 48.2 Å². The fourth-order valence-corrected chi connectivity index (χ4v) is 3.02. The van der Waals surface area contributed by atoms with E-state index in [0.717, 1.165) is 18.4 Å². The molecule has 0 aliphatic rings. The summed E-state index contributed by atoms with van der Waals surface area (Å²) >= 11 is 0. The first kappa shape index (κ1) is 18.1. The third-order valence-corrected chi connectivity index (χ3v) is 4.23. The summed E-state index contributed by atoms with van der Waals surface area (Å²) in [5.74, 6) is -1.04. The lowest BCUT2D eigenvalue weighted by atomic mass is 9.97. The number of amides is 1. The van der Waals surface area contributed by atoms with Gasteiger partial charge in [-0.2, -0.15) is 4.99 Å². The van der Waals surface area contributed by atoms with Crippen LogP contribution in [0.4, 0.5) is 0 Å². The number of aryl methyl sites for hydroxylation is 2. The zero-order valence-electron chi connectivity index (χ0n) is 12.8. The van der Waals surface area contributed by atoms with Crippen LogP contribution in [-0.2, 0) is 22.9 Å². The van der Waals surface area contributed by atoms with Crippen LogP contribution in [0.3, 0.4) is 0 Å². The second-order valence-corrected chi connectivity index (χ2v) is 6.49. The Morgan fingerprint density at radius 1 is 1.18 bits per heavy atom. The van der Waals surface area contributed by atoms with E-state index in [-0.39, 0.29) is 16.4 Å². The Bertz CT molecular complexity index is 692. The molecule has 0 spiro atoms. The third-order valence-electron chi connectivity index (χ3n) is 3.23. The van der Waals surface area contributed by atoms with Crippen molar-refractivity contribution in [2.45, 2.75) is 44.4 Å². The Kier molecular flexibility index (Phi) is 6.07. The normalized spacial score (nSPS) is 11.2. The van der Waals surface area contributed by atoms with E-state index in [0.29, 0.717) is 18.4 Å². The number of nitrogens with zero attached hydrogens (tertiary/aromatic N) is 1. The van der Waals surface area contributed by atoms with Gasteiger partial charge < -0.3 is 11.5 Å². The maximum Gasteiger partial charge on any atom is 0.280 e. The molecule has 0 aliphatic carbocycles. The van der Waals surface area contributed by atoms with E-state index in [4.69, 9.17) is 16.6 Å². The van der Waals surface area contributed by atoms with E-state index in [2.05, 4.69) is 4.99 Å². The number of guanidine groups is 1. The van der Waals surface area contributed by atoms with Gasteiger partial charge in [-0.3, -0.25) is 4.79 Å². The number of carbonyl (C=O) groups excluding carboxylic acids is 1. The van der Waals surface area contributed by atoms with E-state index in [1.165, 1.54) is 6.07 Å². The fourth-order valence-electron chi connectivity index (χ4n) is 2.17. The van der Waals surface area contributed by atoms with Crippen molar-refractivity contribution in [3.8, 4) is 0 Å². The van der Waals surface area contributed by atoms with Crippen LogP contribution < -0.4 is 16.6 Å². The maximum atomic E-state index is 12.1. The molecular formula is C14H22N4O3S. The van der Waals surface area contributed by atoms with Gasteiger partial charge in [0, 0.05) is 5.56 Å². The predicted octanol–water partition coefficient (Wildman–Crippen LogP) is 0.653. The Morgan fingerprint density at radius 2 is 1.82 bits per heavy atom. The first-order chi connectivity index (χ1) is 10.2. The summed E-state index contributed by atoms with van der Waals surface area (Å²) in [5.41, 5.74) is 11.9. The van der Waals surface area contributed by atoms with E-state index < -0.39 is 15.9 Å². The van der Waals surface area contributed by atoms with Gasteiger partial charge in [-0.25, -0.2) is 13.6 Å². The molecule has 0 unspecified atom stereocenters. The van der Waals surface area contributed by atoms with Gasteiger partial charge in [0.15, 0.2) is 5.96 Å². The van der Waals surface area contributed by atoms with Crippen molar-refractivity contribution in [1.29, 1.82) is 0 Å². The number of benzene rings is 1. The standard InChI is InChI=1S/C14H22N4O3S/c1-3-5-6-10-7-9(4-2)12(22(17,20)21)8-11(10)13(19)18-14(15)16/h7-8H,3-6H2,1-2H3,(H2,17,20,21)(H4,15,16,18,19). The highest BCUT2D eigenvalue weighted by Gasteiger charge is 2.20. The molecule has 0 saturated carbocycles. The number of aliphatic imine (C=N–C) groups is 1. The molecule has 122 valence electrons. The molecule has 1 aromatic carbocycles. The number of hydrogen-bond donors (Lipinski definition) is 3. The molecule has 6 N–H and O–H groups in total. The van der Waals surface area contributed by atoms with Crippen LogP contribution >= 0.6 is 0 Å². The lowest BCUT2D eigenvalue weighted by molar-refractivity contribution is 0.100. The number of rotatable bonds is 6. The van der Waals surface area contributed by atoms with Crippen molar-refractivity contribution in [3.05, 3.63) is 28.8 Å². The van der Waals surface area contributed by atoms with Crippen molar-refractivity contribution < 1.29 is 13.2 Å². The summed E-state index contributed by atoms with van der Waals surface area (Å²) < 4.78 is 23.4. The van der Waals surface area contributed by atoms with Crippen LogP contribution in [0.2, 0.25) is 0 Å². The van der Waals surface area contributed by atoms with Crippen LogP contribution in [0.15, 0.2) is 22.0 Å². The maximum absolute atomic E-state index is 12.1. The molecule has 0 aromatic heterocycles. The molecule has 22 heavy (non-hydrogen) atoms. The molecule has 0 bridgehead atoms.